The molecule has 174 valence electrons. The molecule has 34 heavy (non-hydrogen) atoms. The minimum Gasteiger partial charge on any atom is -0.508 e. The van der Waals surface area contributed by atoms with Crippen molar-refractivity contribution < 1.29 is 20.1 Å². The van der Waals surface area contributed by atoms with Gasteiger partial charge in [-0.25, -0.2) is 0 Å². The van der Waals surface area contributed by atoms with E-state index in [1.54, 1.807) is 12.1 Å². The third kappa shape index (κ3) is 5.46. The van der Waals surface area contributed by atoms with Gasteiger partial charge in [-0.15, -0.1) is 5.11 Å². The van der Waals surface area contributed by atoms with Crippen molar-refractivity contribution in [2.24, 2.45) is 16.1 Å². The van der Waals surface area contributed by atoms with Crippen LogP contribution in [0, 0.1) is 5.92 Å². The first-order valence-electron chi connectivity index (χ1n) is 11.3. The molecule has 6 nitrogen and oxygen atoms in total. The average Bonchev–Trinajstić information content (AvgIpc) is 2.84. The number of nitrogens with zero attached hydrogens (tertiary/aromatic N) is 2. The molecule has 3 N–H and O–H groups in total. The molecule has 0 spiro atoms. The SMILES string of the molecule is CC(C)COc1cc(N=Nc2ccc(CCc3cc(O)ccc3O)cc2)c(O)c2ccccc12. The van der Waals surface area contributed by atoms with E-state index in [0.717, 1.165) is 10.9 Å². The Balaban J connectivity index is 1.51. The fourth-order valence-corrected chi connectivity index (χ4v) is 3.66. The summed E-state index contributed by atoms with van der Waals surface area (Å²) in [7, 11) is 0. The van der Waals surface area contributed by atoms with Gasteiger partial charge in [0.2, 0.25) is 0 Å². The molecule has 0 saturated heterocycles. The summed E-state index contributed by atoms with van der Waals surface area (Å²) in [5, 5.41) is 40.4. The third-order valence-electron chi connectivity index (χ3n) is 5.49. The minimum atomic E-state index is 0.0683. The summed E-state index contributed by atoms with van der Waals surface area (Å²) in [6.45, 7) is 4.73. The summed E-state index contributed by atoms with van der Waals surface area (Å²) in [6.07, 6.45) is 1.31. The van der Waals surface area contributed by atoms with Crippen molar-refractivity contribution in [1.82, 2.24) is 0 Å². The van der Waals surface area contributed by atoms with E-state index < -0.39 is 0 Å². The number of aromatic hydroxyl groups is 3. The number of azo groups is 1. The Bertz CT molecular complexity index is 1310. The molecule has 0 atom stereocenters. The summed E-state index contributed by atoms with van der Waals surface area (Å²) in [5.41, 5.74) is 2.77. The molecule has 0 saturated carbocycles. The molecule has 0 aliphatic rings. The summed E-state index contributed by atoms with van der Waals surface area (Å²) in [4.78, 5) is 0. The highest BCUT2D eigenvalue weighted by Gasteiger charge is 2.13. The molecule has 0 aromatic heterocycles. The van der Waals surface area contributed by atoms with E-state index >= 15 is 0 Å². The largest absolute Gasteiger partial charge is 0.508 e. The lowest BCUT2D eigenvalue weighted by Crippen LogP contribution is -2.04. The Morgan fingerprint density at radius 1 is 0.794 bits per heavy atom. The average molecular weight is 457 g/mol. The molecule has 0 heterocycles. The number of aryl methyl sites for hydroxylation is 2. The van der Waals surface area contributed by atoms with Crippen LogP contribution >= 0.6 is 0 Å². The zero-order valence-corrected chi connectivity index (χ0v) is 19.3. The van der Waals surface area contributed by atoms with E-state index in [1.165, 1.54) is 12.1 Å². The molecule has 0 aliphatic carbocycles. The first kappa shape index (κ1) is 23.1. The topological polar surface area (TPSA) is 94.6 Å². The highest BCUT2D eigenvalue weighted by atomic mass is 16.5. The van der Waals surface area contributed by atoms with Crippen LogP contribution in [0.5, 0.6) is 23.0 Å². The van der Waals surface area contributed by atoms with Crippen molar-refractivity contribution in [2.45, 2.75) is 26.7 Å². The fraction of sp³-hybridized carbons (Fsp3) is 0.214. The zero-order chi connectivity index (χ0) is 24.1. The van der Waals surface area contributed by atoms with Crippen molar-refractivity contribution in [1.29, 1.82) is 0 Å². The Morgan fingerprint density at radius 3 is 2.26 bits per heavy atom. The predicted octanol–water partition coefficient (Wildman–Crippen LogP) is 7.19. The fourth-order valence-electron chi connectivity index (χ4n) is 3.66. The van der Waals surface area contributed by atoms with Crippen LogP contribution in [0.15, 0.2) is 83.0 Å². The maximum atomic E-state index is 10.7. The Hall–Kier alpha value is -4.06. The number of phenolic OH excluding ortho intramolecular Hbond substituents is 3. The van der Waals surface area contributed by atoms with E-state index in [2.05, 4.69) is 24.1 Å². The van der Waals surface area contributed by atoms with Crippen LogP contribution in [-0.4, -0.2) is 21.9 Å². The lowest BCUT2D eigenvalue weighted by atomic mass is 10.0. The molecular weight excluding hydrogens is 428 g/mol. The van der Waals surface area contributed by atoms with Crippen LogP contribution < -0.4 is 4.74 Å². The molecule has 4 aromatic carbocycles. The van der Waals surface area contributed by atoms with Gasteiger partial charge in [-0.2, -0.15) is 5.11 Å². The van der Waals surface area contributed by atoms with Gasteiger partial charge in [0.1, 0.15) is 22.9 Å². The van der Waals surface area contributed by atoms with E-state index in [9.17, 15) is 15.3 Å². The van der Waals surface area contributed by atoms with Gasteiger partial charge in [0.05, 0.1) is 12.3 Å². The lowest BCUT2D eigenvalue weighted by molar-refractivity contribution is 0.274. The standard InChI is InChI=1S/C28H28N2O4/c1-18(2)17-34-27-16-25(28(33)24-6-4-3-5-23(24)27)30-29-21-11-8-19(9-12-21)7-10-20-15-22(31)13-14-26(20)32/h3-6,8-9,11-16,18,31-33H,7,10,17H2,1-2H3. The first-order chi connectivity index (χ1) is 16.4. The maximum Gasteiger partial charge on any atom is 0.151 e. The van der Waals surface area contributed by atoms with Crippen LogP contribution in [0.3, 0.4) is 0 Å². The van der Waals surface area contributed by atoms with Gasteiger partial charge in [0, 0.05) is 16.8 Å². The highest BCUT2D eigenvalue weighted by molar-refractivity contribution is 5.97. The van der Waals surface area contributed by atoms with Gasteiger partial charge in [-0.3, -0.25) is 0 Å². The summed E-state index contributed by atoms with van der Waals surface area (Å²) >= 11 is 0. The van der Waals surface area contributed by atoms with Crippen LogP contribution in [-0.2, 0) is 12.8 Å². The number of fused-ring (bicyclic) bond motifs is 1. The molecular formula is C28H28N2O4. The third-order valence-corrected chi connectivity index (χ3v) is 5.49. The Morgan fingerprint density at radius 2 is 1.53 bits per heavy atom. The molecule has 6 heteroatoms. The number of hydrogen-bond acceptors (Lipinski definition) is 6. The maximum absolute atomic E-state index is 10.7. The van der Waals surface area contributed by atoms with E-state index in [0.29, 0.717) is 53.4 Å². The van der Waals surface area contributed by atoms with E-state index in [1.807, 2.05) is 48.5 Å². The minimum absolute atomic E-state index is 0.0683. The number of phenols is 3. The Kier molecular flexibility index (Phi) is 6.97. The van der Waals surface area contributed by atoms with Crippen molar-refractivity contribution in [2.75, 3.05) is 6.61 Å². The second-order valence-corrected chi connectivity index (χ2v) is 8.67. The number of hydrogen-bond donors (Lipinski definition) is 3. The molecule has 4 rings (SSSR count). The molecule has 0 fully saturated rings. The van der Waals surface area contributed by atoms with Gasteiger partial charge in [-0.05, 0) is 60.2 Å². The summed E-state index contributed by atoms with van der Waals surface area (Å²) in [6, 6.07) is 21.4. The number of rotatable bonds is 8. The lowest BCUT2D eigenvalue weighted by Gasteiger charge is -2.13. The first-order valence-corrected chi connectivity index (χ1v) is 11.3. The van der Waals surface area contributed by atoms with E-state index in [-0.39, 0.29) is 17.2 Å². The summed E-state index contributed by atoms with van der Waals surface area (Å²) in [5.74, 6) is 1.42. The van der Waals surface area contributed by atoms with Crippen LogP contribution in [0.2, 0.25) is 0 Å². The number of benzene rings is 4. The zero-order valence-electron chi connectivity index (χ0n) is 19.3. The predicted molar refractivity (Wildman–Crippen MR) is 134 cm³/mol. The highest BCUT2D eigenvalue weighted by Crippen LogP contribution is 2.41. The summed E-state index contributed by atoms with van der Waals surface area (Å²) < 4.78 is 5.98. The quantitative estimate of drug-likeness (QED) is 0.193. The second kappa shape index (κ2) is 10.3. The van der Waals surface area contributed by atoms with Gasteiger partial charge < -0.3 is 20.1 Å². The molecule has 0 amide bonds. The molecule has 0 aliphatic heterocycles. The molecule has 0 bridgehead atoms. The monoisotopic (exact) mass is 456 g/mol. The van der Waals surface area contributed by atoms with Crippen molar-refractivity contribution in [3.05, 3.63) is 83.9 Å². The number of ether oxygens (including phenoxy) is 1. The molecule has 0 unspecified atom stereocenters. The molecule has 4 aromatic rings. The van der Waals surface area contributed by atoms with Crippen molar-refractivity contribution >= 4 is 22.1 Å². The smallest absolute Gasteiger partial charge is 0.151 e. The van der Waals surface area contributed by atoms with Gasteiger partial charge >= 0.3 is 0 Å². The van der Waals surface area contributed by atoms with Crippen LogP contribution in [0.25, 0.3) is 10.8 Å². The second-order valence-electron chi connectivity index (χ2n) is 8.67. The Labute approximate surface area is 198 Å². The van der Waals surface area contributed by atoms with Crippen LogP contribution in [0.1, 0.15) is 25.0 Å². The van der Waals surface area contributed by atoms with Gasteiger partial charge in [0.25, 0.3) is 0 Å². The van der Waals surface area contributed by atoms with E-state index in [4.69, 9.17) is 4.74 Å². The van der Waals surface area contributed by atoms with Crippen molar-refractivity contribution in [3.8, 4) is 23.0 Å². The normalized spacial score (nSPS) is 11.5. The molecule has 0 radical (unpaired) electrons. The van der Waals surface area contributed by atoms with Gasteiger partial charge in [0.15, 0.2) is 5.75 Å². The van der Waals surface area contributed by atoms with Crippen molar-refractivity contribution in [3.63, 3.8) is 0 Å². The van der Waals surface area contributed by atoms with Gasteiger partial charge in [-0.1, -0.05) is 50.2 Å². The van der Waals surface area contributed by atoms with Crippen LogP contribution in [0.4, 0.5) is 11.4 Å².